The van der Waals surface area contributed by atoms with Crippen molar-refractivity contribution < 1.29 is 14.0 Å². The van der Waals surface area contributed by atoms with Crippen LogP contribution in [0.5, 0.6) is 0 Å². The van der Waals surface area contributed by atoms with E-state index in [4.69, 9.17) is 4.42 Å². The molecular formula is C34H53N3O3. The van der Waals surface area contributed by atoms with Crippen LogP contribution in [0.25, 0.3) is 11.1 Å². The Morgan fingerprint density at radius 1 is 0.950 bits per heavy atom. The molecule has 1 aliphatic rings. The fourth-order valence-electron chi connectivity index (χ4n) is 4.12. The van der Waals surface area contributed by atoms with E-state index in [0.29, 0.717) is 29.0 Å². The Labute approximate surface area is 242 Å². The zero-order valence-corrected chi connectivity index (χ0v) is 26.0. The molecule has 6 nitrogen and oxygen atoms in total. The zero-order chi connectivity index (χ0) is 29.8. The van der Waals surface area contributed by atoms with Gasteiger partial charge in [0, 0.05) is 24.8 Å². The van der Waals surface area contributed by atoms with Gasteiger partial charge in [0.15, 0.2) is 17.6 Å². The first-order valence-electron chi connectivity index (χ1n) is 15.2. The summed E-state index contributed by atoms with van der Waals surface area (Å²) in [5.41, 5.74) is 3.89. The van der Waals surface area contributed by atoms with Crippen LogP contribution in [0.1, 0.15) is 115 Å². The number of aromatic nitrogens is 1. The number of nitrogens with one attached hydrogen (secondary N) is 2. The highest BCUT2D eigenvalue weighted by atomic mass is 16.3. The molecule has 6 heteroatoms. The van der Waals surface area contributed by atoms with Crippen LogP contribution in [-0.4, -0.2) is 24.2 Å². The minimum atomic E-state index is -0.0432. The van der Waals surface area contributed by atoms with Gasteiger partial charge in [0.25, 0.3) is 0 Å². The number of amides is 1. The van der Waals surface area contributed by atoms with Crippen LogP contribution in [0.3, 0.4) is 0 Å². The van der Waals surface area contributed by atoms with Gasteiger partial charge in [-0.2, -0.15) is 0 Å². The first-order valence-corrected chi connectivity index (χ1v) is 15.2. The van der Waals surface area contributed by atoms with E-state index in [1.165, 1.54) is 49.8 Å². The quantitative estimate of drug-likeness (QED) is 0.215. The number of carbonyl (C=O) groups is 2. The molecule has 40 heavy (non-hydrogen) atoms. The topological polar surface area (TPSA) is 84.2 Å². The molecule has 0 radical (unpaired) electrons. The summed E-state index contributed by atoms with van der Waals surface area (Å²) < 4.78 is 5.41. The summed E-state index contributed by atoms with van der Waals surface area (Å²) in [6.45, 7) is 13.1. The lowest BCUT2D eigenvalue weighted by Gasteiger charge is -2.25. The van der Waals surface area contributed by atoms with Crippen molar-refractivity contribution in [1.29, 1.82) is 0 Å². The zero-order valence-electron chi connectivity index (χ0n) is 26.0. The van der Waals surface area contributed by atoms with Crippen LogP contribution in [0.15, 0.2) is 47.0 Å². The van der Waals surface area contributed by atoms with E-state index in [0.717, 1.165) is 25.7 Å². The number of pyridine rings is 1. The molecule has 0 aliphatic heterocycles. The predicted molar refractivity (Wildman–Crippen MR) is 170 cm³/mol. The average molecular weight is 552 g/mol. The number of hydrogen-bond donors (Lipinski definition) is 2. The second-order valence-corrected chi connectivity index (χ2v) is 10.6. The van der Waals surface area contributed by atoms with Gasteiger partial charge in [0.05, 0.1) is 0 Å². The number of anilines is 2. The van der Waals surface area contributed by atoms with Gasteiger partial charge in [0.2, 0.25) is 5.91 Å². The third kappa shape index (κ3) is 12.8. The van der Waals surface area contributed by atoms with Gasteiger partial charge in [-0.15, -0.1) is 0 Å². The first-order chi connectivity index (χ1) is 19.3. The van der Waals surface area contributed by atoms with Crippen LogP contribution in [0.4, 0.5) is 11.4 Å². The van der Waals surface area contributed by atoms with Gasteiger partial charge in [-0.1, -0.05) is 90.8 Å². The van der Waals surface area contributed by atoms with Crippen molar-refractivity contribution in [2.75, 3.05) is 17.7 Å². The van der Waals surface area contributed by atoms with Crippen LogP contribution in [0, 0.1) is 18.8 Å². The highest BCUT2D eigenvalue weighted by Crippen LogP contribution is 2.32. The summed E-state index contributed by atoms with van der Waals surface area (Å²) in [5.74, 6) is 0.782. The number of fused-ring (bicyclic) bond motifs is 1. The van der Waals surface area contributed by atoms with E-state index in [1.54, 1.807) is 18.3 Å². The van der Waals surface area contributed by atoms with Gasteiger partial charge in [0.1, 0.15) is 11.2 Å². The lowest BCUT2D eigenvalue weighted by molar-refractivity contribution is -0.121. The summed E-state index contributed by atoms with van der Waals surface area (Å²) in [6.07, 6.45) is 14.3. The third-order valence-corrected chi connectivity index (χ3v) is 7.01. The van der Waals surface area contributed by atoms with E-state index < -0.39 is 0 Å². The number of benzene rings is 1. The predicted octanol–water partition coefficient (Wildman–Crippen LogP) is 9.83. The van der Waals surface area contributed by atoms with Crippen molar-refractivity contribution in [1.82, 2.24) is 4.98 Å². The first kappa shape index (κ1) is 34.9. The van der Waals surface area contributed by atoms with Gasteiger partial charge >= 0.3 is 0 Å². The largest absolute Gasteiger partial charge is 0.449 e. The van der Waals surface area contributed by atoms with Crippen LogP contribution < -0.4 is 10.6 Å². The fourth-order valence-corrected chi connectivity index (χ4v) is 4.12. The molecular weight excluding hydrogens is 498 g/mol. The molecule has 1 saturated carbocycles. The van der Waals surface area contributed by atoms with E-state index >= 15 is 0 Å². The standard InChI is InChI=1S/C16H18N2O3.C8H11N.C6H14.C4H10/c1-10-4-6-11(7-5-10)16(20)18-15-13(9-19)21-12-3-2-8-17-14(12)15;1-7-3-5-8(9-2)6-4-7;1-3-5-6-4-2;1-3-4-2/h2-3,8-11H,4-7H2,1H3,(H,18,20);3-6,9H,1-2H3;3-6H2,1-2H3;3-4H2,1-2H3. The number of furan rings is 1. The van der Waals surface area contributed by atoms with Crippen molar-refractivity contribution in [3.8, 4) is 0 Å². The molecule has 0 spiro atoms. The normalized spacial score (nSPS) is 15.8. The summed E-state index contributed by atoms with van der Waals surface area (Å²) >= 11 is 0. The highest BCUT2D eigenvalue weighted by Gasteiger charge is 2.26. The van der Waals surface area contributed by atoms with E-state index in [2.05, 4.69) is 81.4 Å². The number of unbranched alkanes of at least 4 members (excludes halogenated alkanes) is 4. The Morgan fingerprint density at radius 3 is 2.05 bits per heavy atom. The smallest absolute Gasteiger partial charge is 0.227 e. The highest BCUT2D eigenvalue weighted by molar-refractivity contribution is 6.05. The average Bonchev–Trinajstić information content (AvgIpc) is 3.35. The fraction of sp³-hybridized carbons (Fsp3) is 0.559. The molecule has 1 amide bonds. The molecule has 0 saturated heterocycles. The van der Waals surface area contributed by atoms with E-state index in [9.17, 15) is 9.59 Å². The summed E-state index contributed by atoms with van der Waals surface area (Å²) in [7, 11) is 1.92. The van der Waals surface area contributed by atoms with Gasteiger partial charge in [-0.05, 0) is 62.8 Å². The van der Waals surface area contributed by atoms with Crippen LogP contribution in [0.2, 0.25) is 0 Å². The molecule has 3 aromatic rings. The molecule has 2 heterocycles. The van der Waals surface area contributed by atoms with Gasteiger partial charge < -0.3 is 15.1 Å². The molecule has 0 bridgehead atoms. The van der Waals surface area contributed by atoms with Crippen molar-refractivity contribution in [2.45, 2.75) is 106 Å². The maximum absolute atomic E-state index is 12.4. The van der Waals surface area contributed by atoms with E-state index in [1.807, 2.05) is 7.05 Å². The number of rotatable bonds is 8. The molecule has 0 atom stereocenters. The summed E-state index contributed by atoms with van der Waals surface area (Å²) in [6, 6.07) is 11.8. The number of carbonyl (C=O) groups excluding carboxylic acids is 2. The second kappa shape index (κ2) is 20.7. The molecule has 4 rings (SSSR count). The van der Waals surface area contributed by atoms with Crippen molar-refractivity contribution in [2.24, 2.45) is 11.8 Å². The summed E-state index contributed by atoms with van der Waals surface area (Å²) in [4.78, 5) is 27.7. The Kier molecular flexibility index (Phi) is 18.1. The Morgan fingerprint density at radius 2 is 1.55 bits per heavy atom. The Hall–Kier alpha value is -3.15. The lowest BCUT2D eigenvalue weighted by atomic mass is 9.82. The van der Waals surface area contributed by atoms with E-state index in [-0.39, 0.29) is 17.6 Å². The Balaban J connectivity index is 0.000000346. The lowest BCUT2D eigenvalue weighted by Crippen LogP contribution is -2.26. The number of aryl methyl sites for hydroxylation is 1. The number of nitrogens with zero attached hydrogens (tertiary/aromatic N) is 1. The van der Waals surface area contributed by atoms with Crippen molar-refractivity contribution >= 4 is 34.7 Å². The minimum Gasteiger partial charge on any atom is -0.449 e. The number of aldehydes is 1. The van der Waals surface area contributed by atoms with Crippen molar-refractivity contribution in [3.63, 3.8) is 0 Å². The summed E-state index contributed by atoms with van der Waals surface area (Å²) in [5, 5.41) is 5.90. The third-order valence-electron chi connectivity index (χ3n) is 7.01. The molecule has 1 aromatic carbocycles. The van der Waals surface area contributed by atoms with Crippen LogP contribution >= 0.6 is 0 Å². The maximum Gasteiger partial charge on any atom is 0.227 e. The van der Waals surface area contributed by atoms with Crippen molar-refractivity contribution in [3.05, 3.63) is 53.9 Å². The minimum absolute atomic E-state index is 0.00867. The number of hydrogen-bond acceptors (Lipinski definition) is 5. The van der Waals surface area contributed by atoms with Crippen LogP contribution in [-0.2, 0) is 4.79 Å². The molecule has 2 aromatic heterocycles. The van der Waals surface area contributed by atoms with Gasteiger partial charge in [-0.25, -0.2) is 0 Å². The maximum atomic E-state index is 12.4. The SMILES string of the molecule is CC1CCC(C(=O)Nc2c(C=O)oc3cccnc23)CC1.CCCC.CCCCCC.CNc1ccc(C)cc1. The molecule has 2 N–H and O–H groups in total. The van der Waals surface area contributed by atoms with Gasteiger partial charge in [-0.3, -0.25) is 14.6 Å². The monoisotopic (exact) mass is 551 g/mol. The Bertz CT molecular complexity index is 1080. The second-order valence-electron chi connectivity index (χ2n) is 10.6. The molecule has 0 unspecified atom stereocenters. The molecule has 1 aliphatic carbocycles. The molecule has 1 fully saturated rings. The molecule has 222 valence electrons.